The molecule has 1 saturated heterocycles. The molecule has 1 aromatic carbocycles. The highest BCUT2D eigenvalue weighted by atomic mass is 32.2. The number of sulfonamides is 1. The Hall–Kier alpha value is -2.70. The molecule has 0 aliphatic carbocycles. The number of rotatable bonds is 5. The number of piperidine rings is 1. The van der Waals surface area contributed by atoms with Crippen molar-refractivity contribution in [3.8, 4) is 11.3 Å². The molecule has 178 valence electrons. The fourth-order valence-corrected chi connectivity index (χ4v) is 5.10. The van der Waals surface area contributed by atoms with E-state index in [0.29, 0.717) is 17.8 Å². The summed E-state index contributed by atoms with van der Waals surface area (Å²) >= 11 is 0. The zero-order valence-electron chi connectivity index (χ0n) is 18.7. The predicted molar refractivity (Wildman–Crippen MR) is 120 cm³/mol. The lowest BCUT2D eigenvalue weighted by molar-refractivity contribution is 0.0950. The molecule has 0 bridgehead atoms. The molecule has 2 aromatic heterocycles. The van der Waals surface area contributed by atoms with Gasteiger partial charge in [-0.1, -0.05) is 0 Å². The van der Waals surface area contributed by atoms with Crippen molar-refractivity contribution in [3.05, 3.63) is 35.8 Å². The number of β-amino-alcohol motifs (C(OH)–C–C–N with tert-alkyl or cyclic N) is 1. The normalized spacial score (nSPS) is 20.0. The van der Waals surface area contributed by atoms with E-state index in [2.05, 4.69) is 20.3 Å². The Kier molecular flexibility index (Phi) is 6.10. The molecule has 12 heteroatoms. The fraction of sp³-hybridized carbons (Fsp3) is 0.476. The second-order valence-electron chi connectivity index (χ2n) is 8.57. The average molecular weight is 481 g/mol. The Balaban J connectivity index is 1.66. The van der Waals surface area contributed by atoms with Crippen LogP contribution in [-0.2, 0) is 10.0 Å². The number of halogens is 2. The van der Waals surface area contributed by atoms with Crippen molar-refractivity contribution in [2.75, 3.05) is 24.7 Å². The molecule has 1 aliphatic rings. The predicted octanol–water partition coefficient (Wildman–Crippen LogP) is 2.47. The molecule has 3 aromatic rings. The maximum absolute atomic E-state index is 14.8. The summed E-state index contributed by atoms with van der Waals surface area (Å²) in [5.41, 5.74) is 0.884. The van der Waals surface area contributed by atoms with E-state index in [1.807, 2.05) is 18.4 Å². The minimum atomic E-state index is -3.41. The average Bonchev–Trinajstić information content (AvgIpc) is 3.06. The van der Waals surface area contributed by atoms with Gasteiger partial charge in [-0.2, -0.15) is 4.31 Å². The van der Waals surface area contributed by atoms with Crippen LogP contribution in [0.5, 0.6) is 0 Å². The number of nitrogens with zero attached hydrogens (tertiary/aromatic N) is 5. The second kappa shape index (κ2) is 8.58. The molecular weight excluding hydrogens is 454 g/mol. The molecule has 1 fully saturated rings. The van der Waals surface area contributed by atoms with Crippen LogP contribution in [0.25, 0.3) is 22.3 Å². The third-order valence-corrected chi connectivity index (χ3v) is 7.06. The number of aromatic nitrogens is 4. The van der Waals surface area contributed by atoms with Crippen molar-refractivity contribution < 1.29 is 22.3 Å². The molecule has 4 rings (SSSR count). The van der Waals surface area contributed by atoms with Gasteiger partial charge >= 0.3 is 0 Å². The van der Waals surface area contributed by atoms with Crippen LogP contribution in [0.2, 0.25) is 0 Å². The molecule has 2 atom stereocenters. The number of aliphatic hydroxyl groups excluding tert-OH is 1. The summed E-state index contributed by atoms with van der Waals surface area (Å²) < 4.78 is 56.0. The number of aryl methyl sites for hydroxylation is 1. The van der Waals surface area contributed by atoms with Crippen molar-refractivity contribution in [2.45, 2.75) is 45.4 Å². The SMILES string of the molecule is Cc1nc2c(F)cc(-c3nc(N[C@H]4CCN(S(C)(=O)=O)C[C@@H]4O)ncc3F)cc2n1C(C)C. The minimum Gasteiger partial charge on any atom is -0.390 e. The van der Waals surface area contributed by atoms with Crippen LogP contribution in [0.15, 0.2) is 18.3 Å². The van der Waals surface area contributed by atoms with Crippen LogP contribution in [0.3, 0.4) is 0 Å². The zero-order valence-corrected chi connectivity index (χ0v) is 19.6. The van der Waals surface area contributed by atoms with E-state index < -0.39 is 33.8 Å². The van der Waals surface area contributed by atoms with Crippen molar-refractivity contribution in [2.24, 2.45) is 0 Å². The van der Waals surface area contributed by atoms with E-state index >= 15 is 0 Å². The van der Waals surface area contributed by atoms with Crippen LogP contribution in [0.4, 0.5) is 14.7 Å². The summed E-state index contributed by atoms with van der Waals surface area (Å²) in [6.45, 7) is 5.85. The largest absolute Gasteiger partial charge is 0.390 e. The number of benzene rings is 1. The number of aliphatic hydroxyl groups is 1. The first-order valence-electron chi connectivity index (χ1n) is 10.6. The molecule has 2 N–H and O–H groups in total. The Labute approximate surface area is 190 Å². The van der Waals surface area contributed by atoms with E-state index in [1.54, 1.807) is 13.0 Å². The number of hydrogen-bond acceptors (Lipinski definition) is 7. The highest BCUT2D eigenvalue weighted by molar-refractivity contribution is 7.88. The van der Waals surface area contributed by atoms with E-state index in [9.17, 15) is 22.3 Å². The van der Waals surface area contributed by atoms with E-state index in [1.165, 1.54) is 10.4 Å². The molecule has 0 saturated carbocycles. The number of anilines is 1. The van der Waals surface area contributed by atoms with Gasteiger partial charge in [-0.3, -0.25) is 0 Å². The Morgan fingerprint density at radius 2 is 1.94 bits per heavy atom. The van der Waals surface area contributed by atoms with Crippen molar-refractivity contribution in [1.29, 1.82) is 0 Å². The molecular formula is C21H26F2N6O3S. The monoisotopic (exact) mass is 480 g/mol. The fourth-order valence-electron chi connectivity index (χ4n) is 4.23. The van der Waals surface area contributed by atoms with Gasteiger partial charge in [0, 0.05) is 24.7 Å². The smallest absolute Gasteiger partial charge is 0.223 e. The van der Waals surface area contributed by atoms with Gasteiger partial charge < -0.3 is 15.0 Å². The standard InChI is InChI=1S/C21H26F2N6O3S/c1-11(2)29-12(3)25-20-14(22)7-13(8-17(20)29)19-15(23)9-24-21(27-19)26-16-5-6-28(10-18(16)30)33(4,31)32/h7-9,11,16,18,30H,5-6,10H2,1-4H3,(H,24,26,27)/t16-,18-/m0/s1. The molecule has 0 unspecified atom stereocenters. The van der Waals surface area contributed by atoms with Gasteiger partial charge in [0.1, 0.15) is 17.0 Å². The molecule has 0 amide bonds. The van der Waals surface area contributed by atoms with Gasteiger partial charge in [-0.25, -0.2) is 32.2 Å². The van der Waals surface area contributed by atoms with Gasteiger partial charge in [0.15, 0.2) is 11.6 Å². The molecule has 0 spiro atoms. The van der Waals surface area contributed by atoms with Gasteiger partial charge in [-0.05, 0) is 39.3 Å². The maximum Gasteiger partial charge on any atom is 0.223 e. The third kappa shape index (κ3) is 4.55. The summed E-state index contributed by atoms with van der Waals surface area (Å²) in [5.74, 6) is -0.603. The first kappa shape index (κ1) is 23.5. The molecule has 3 heterocycles. The lowest BCUT2D eigenvalue weighted by Crippen LogP contribution is -2.51. The number of nitrogens with one attached hydrogen (secondary N) is 1. The molecule has 9 nitrogen and oxygen atoms in total. The highest BCUT2D eigenvalue weighted by Gasteiger charge is 2.32. The number of fused-ring (bicyclic) bond motifs is 1. The maximum atomic E-state index is 14.8. The molecule has 0 radical (unpaired) electrons. The highest BCUT2D eigenvalue weighted by Crippen LogP contribution is 2.30. The van der Waals surface area contributed by atoms with Gasteiger partial charge in [0.05, 0.1) is 30.1 Å². The van der Waals surface area contributed by atoms with Gasteiger partial charge in [-0.15, -0.1) is 0 Å². The Morgan fingerprint density at radius 3 is 2.58 bits per heavy atom. The molecule has 33 heavy (non-hydrogen) atoms. The van der Waals surface area contributed by atoms with E-state index in [4.69, 9.17) is 0 Å². The van der Waals surface area contributed by atoms with Crippen LogP contribution < -0.4 is 5.32 Å². The second-order valence-corrected chi connectivity index (χ2v) is 10.5. The lowest BCUT2D eigenvalue weighted by Gasteiger charge is -2.34. The van der Waals surface area contributed by atoms with Crippen LogP contribution in [0.1, 0.15) is 32.1 Å². The van der Waals surface area contributed by atoms with Crippen molar-refractivity contribution in [3.63, 3.8) is 0 Å². The topological polar surface area (TPSA) is 113 Å². The van der Waals surface area contributed by atoms with E-state index in [0.717, 1.165) is 12.5 Å². The Morgan fingerprint density at radius 1 is 1.21 bits per heavy atom. The first-order valence-corrected chi connectivity index (χ1v) is 12.4. The Bertz CT molecular complexity index is 1310. The van der Waals surface area contributed by atoms with Gasteiger partial charge in [0.25, 0.3) is 0 Å². The zero-order chi connectivity index (χ0) is 24.1. The summed E-state index contributed by atoms with van der Waals surface area (Å²) in [6, 6.07) is 2.34. The summed E-state index contributed by atoms with van der Waals surface area (Å²) in [4.78, 5) is 12.5. The van der Waals surface area contributed by atoms with Crippen LogP contribution in [0, 0.1) is 18.6 Å². The molecule has 1 aliphatic heterocycles. The summed E-state index contributed by atoms with van der Waals surface area (Å²) in [6.07, 6.45) is 1.39. The quantitative estimate of drug-likeness (QED) is 0.577. The first-order chi connectivity index (χ1) is 15.5. The van der Waals surface area contributed by atoms with Gasteiger partial charge in [0.2, 0.25) is 16.0 Å². The minimum absolute atomic E-state index is 0.0245. The van der Waals surface area contributed by atoms with Crippen LogP contribution in [-0.4, -0.2) is 68.8 Å². The summed E-state index contributed by atoms with van der Waals surface area (Å²) in [7, 11) is -3.41. The third-order valence-electron chi connectivity index (χ3n) is 5.79. The number of hydrogen-bond donors (Lipinski definition) is 2. The number of imidazole rings is 1. The summed E-state index contributed by atoms with van der Waals surface area (Å²) in [5, 5.41) is 13.3. The van der Waals surface area contributed by atoms with E-state index in [-0.39, 0.29) is 41.9 Å². The van der Waals surface area contributed by atoms with Crippen LogP contribution >= 0.6 is 0 Å². The van der Waals surface area contributed by atoms with Crippen molar-refractivity contribution >= 4 is 27.0 Å². The lowest BCUT2D eigenvalue weighted by atomic mass is 10.0. The van der Waals surface area contributed by atoms with Crippen molar-refractivity contribution in [1.82, 2.24) is 23.8 Å².